The molecule has 2 rings (SSSR count). The van der Waals surface area contributed by atoms with E-state index in [0.717, 1.165) is 12.8 Å². The molecule has 0 spiro atoms. The summed E-state index contributed by atoms with van der Waals surface area (Å²) < 4.78 is 27.0. The van der Waals surface area contributed by atoms with Crippen LogP contribution in [0.4, 0.5) is 5.69 Å². The summed E-state index contributed by atoms with van der Waals surface area (Å²) in [6.45, 7) is 2.05. The van der Waals surface area contributed by atoms with Crippen LogP contribution in [0.1, 0.15) is 24.8 Å². The first-order chi connectivity index (χ1) is 9.29. The molecule has 2 atom stereocenters. The van der Waals surface area contributed by atoms with Crippen molar-refractivity contribution in [3.8, 4) is 0 Å². The fourth-order valence-electron chi connectivity index (χ4n) is 2.46. The summed E-state index contributed by atoms with van der Waals surface area (Å²) in [5.41, 5.74) is 6.58. The summed E-state index contributed by atoms with van der Waals surface area (Å²) in [6, 6.07) is 2.87. The first-order valence-corrected chi connectivity index (χ1v) is 8.39. The number of hydrogen-bond acceptors (Lipinski definition) is 4. The van der Waals surface area contributed by atoms with Crippen molar-refractivity contribution in [2.24, 2.45) is 5.92 Å². The summed E-state index contributed by atoms with van der Waals surface area (Å²) in [5.74, 6) is 0.186. The quantitative estimate of drug-likeness (QED) is 0.736. The molecule has 0 amide bonds. The molecule has 0 aromatic heterocycles. The molecule has 0 bridgehead atoms. The van der Waals surface area contributed by atoms with Crippen molar-refractivity contribution in [2.45, 2.75) is 37.2 Å². The van der Waals surface area contributed by atoms with E-state index in [4.69, 9.17) is 17.3 Å². The van der Waals surface area contributed by atoms with E-state index in [0.29, 0.717) is 23.6 Å². The molecule has 0 heterocycles. The number of benzene rings is 1. The first kappa shape index (κ1) is 15.6. The van der Waals surface area contributed by atoms with Crippen LogP contribution >= 0.6 is 11.6 Å². The molecule has 1 fully saturated rings. The molecule has 7 heteroatoms. The van der Waals surface area contributed by atoms with Gasteiger partial charge in [0.15, 0.2) is 0 Å². The molecule has 0 radical (unpaired) electrons. The van der Waals surface area contributed by atoms with Crippen LogP contribution in [-0.4, -0.2) is 26.2 Å². The van der Waals surface area contributed by atoms with Gasteiger partial charge in [0.1, 0.15) is 0 Å². The molecule has 1 aromatic carbocycles. The maximum absolute atomic E-state index is 12.2. The lowest BCUT2D eigenvalue weighted by Crippen LogP contribution is -2.29. The highest BCUT2D eigenvalue weighted by atomic mass is 35.5. The molecule has 5 nitrogen and oxygen atoms in total. The average molecular weight is 319 g/mol. The Kier molecular flexibility index (Phi) is 4.59. The Bertz CT molecular complexity index is 581. The minimum Gasteiger partial charge on any atom is -0.397 e. The van der Waals surface area contributed by atoms with Crippen molar-refractivity contribution in [3.05, 3.63) is 22.7 Å². The van der Waals surface area contributed by atoms with Gasteiger partial charge in [-0.3, -0.25) is 0 Å². The van der Waals surface area contributed by atoms with Crippen molar-refractivity contribution in [1.29, 1.82) is 0 Å². The van der Waals surface area contributed by atoms with Gasteiger partial charge in [-0.25, -0.2) is 13.1 Å². The normalized spacial score (nSPS) is 23.1. The van der Waals surface area contributed by atoms with Crippen LogP contribution in [-0.2, 0) is 10.0 Å². The second kappa shape index (κ2) is 5.89. The largest absolute Gasteiger partial charge is 0.397 e. The lowest BCUT2D eigenvalue weighted by Gasteiger charge is -2.13. The van der Waals surface area contributed by atoms with Gasteiger partial charge in [0, 0.05) is 6.54 Å². The van der Waals surface area contributed by atoms with E-state index in [9.17, 15) is 13.5 Å². The van der Waals surface area contributed by atoms with Crippen molar-refractivity contribution in [3.63, 3.8) is 0 Å². The first-order valence-electron chi connectivity index (χ1n) is 6.53. The van der Waals surface area contributed by atoms with E-state index in [1.165, 1.54) is 12.1 Å². The van der Waals surface area contributed by atoms with E-state index in [2.05, 4.69) is 4.72 Å². The number of aryl methyl sites for hydroxylation is 1. The number of anilines is 1. The Morgan fingerprint density at radius 2 is 2.15 bits per heavy atom. The van der Waals surface area contributed by atoms with Crippen molar-refractivity contribution in [2.75, 3.05) is 12.3 Å². The number of sulfonamides is 1. The molecule has 1 aliphatic rings. The van der Waals surface area contributed by atoms with Gasteiger partial charge in [-0.05, 0) is 49.8 Å². The van der Waals surface area contributed by atoms with E-state index in [-0.39, 0.29) is 22.6 Å². The third-order valence-corrected chi connectivity index (χ3v) is 5.56. The molecule has 0 saturated heterocycles. The number of aliphatic hydroxyl groups excluding tert-OH is 1. The molecule has 112 valence electrons. The van der Waals surface area contributed by atoms with Crippen molar-refractivity contribution < 1.29 is 13.5 Å². The Hall–Kier alpha value is -0.820. The van der Waals surface area contributed by atoms with Gasteiger partial charge in [0.2, 0.25) is 10.0 Å². The van der Waals surface area contributed by atoms with E-state index in [1.54, 1.807) is 6.92 Å². The topological polar surface area (TPSA) is 92.4 Å². The van der Waals surface area contributed by atoms with E-state index >= 15 is 0 Å². The Morgan fingerprint density at radius 3 is 2.70 bits per heavy atom. The smallest absolute Gasteiger partial charge is 0.240 e. The molecule has 2 unspecified atom stereocenters. The lowest BCUT2D eigenvalue weighted by atomic mass is 10.1. The van der Waals surface area contributed by atoms with Crippen molar-refractivity contribution >= 4 is 27.3 Å². The van der Waals surface area contributed by atoms with Crippen LogP contribution in [0.2, 0.25) is 5.02 Å². The summed E-state index contributed by atoms with van der Waals surface area (Å²) >= 11 is 5.93. The maximum atomic E-state index is 12.2. The zero-order valence-corrected chi connectivity index (χ0v) is 12.8. The number of hydrogen-bond donors (Lipinski definition) is 3. The van der Waals surface area contributed by atoms with Crippen LogP contribution in [0.25, 0.3) is 0 Å². The van der Waals surface area contributed by atoms with Gasteiger partial charge in [0.25, 0.3) is 0 Å². The molecular weight excluding hydrogens is 300 g/mol. The van der Waals surface area contributed by atoms with E-state index < -0.39 is 10.0 Å². The Balaban J connectivity index is 2.10. The average Bonchev–Trinajstić information content (AvgIpc) is 2.79. The van der Waals surface area contributed by atoms with Gasteiger partial charge in [-0.1, -0.05) is 11.6 Å². The molecule has 0 aliphatic heterocycles. The third kappa shape index (κ3) is 3.44. The van der Waals surface area contributed by atoms with Crippen LogP contribution in [0.5, 0.6) is 0 Å². The van der Waals surface area contributed by atoms with E-state index in [1.807, 2.05) is 0 Å². The monoisotopic (exact) mass is 318 g/mol. The minimum absolute atomic E-state index is 0.121. The molecule has 1 aromatic rings. The summed E-state index contributed by atoms with van der Waals surface area (Å²) in [6.07, 6.45) is 1.91. The number of halogens is 1. The SMILES string of the molecule is Cc1cc(S(=O)(=O)NCC2CCC(O)C2)cc(N)c1Cl. The molecule has 20 heavy (non-hydrogen) atoms. The fourth-order valence-corrected chi connectivity index (χ4v) is 3.81. The zero-order valence-electron chi connectivity index (χ0n) is 11.3. The number of rotatable bonds is 4. The van der Waals surface area contributed by atoms with Crippen LogP contribution in [0.3, 0.4) is 0 Å². The van der Waals surface area contributed by atoms with Gasteiger partial charge < -0.3 is 10.8 Å². The summed E-state index contributed by atoms with van der Waals surface area (Å²) in [5, 5.41) is 9.82. The summed E-state index contributed by atoms with van der Waals surface area (Å²) in [7, 11) is -3.60. The molecule has 1 aliphatic carbocycles. The highest BCUT2D eigenvalue weighted by Gasteiger charge is 2.25. The molecule has 4 N–H and O–H groups in total. The second-order valence-electron chi connectivity index (χ2n) is 5.33. The highest BCUT2D eigenvalue weighted by Crippen LogP contribution is 2.28. The molecular formula is C13H19ClN2O3S. The number of aliphatic hydroxyl groups is 1. The van der Waals surface area contributed by atoms with Gasteiger partial charge >= 0.3 is 0 Å². The fraction of sp³-hybridized carbons (Fsp3) is 0.538. The van der Waals surface area contributed by atoms with Gasteiger partial charge in [-0.2, -0.15) is 0 Å². The zero-order chi connectivity index (χ0) is 14.9. The molecule has 1 saturated carbocycles. The highest BCUT2D eigenvalue weighted by molar-refractivity contribution is 7.89. The summed E-state index contributed by atoms with van der Waals surface area (Å²) in [4.78, 5) is 0.121. The Labute approximate surface area is 124 Å². The van der Waals surface area contributed by atoms with Crippen LogP contribution in [0.15, 0.2) is 17.0 Å². The van der Waals surface area contributed by atoms with Crippen LogP contribution in [0, 0.1) is 12.8 Å². The van der Waals surface area contributed by atoms with Crippen LogP contribution < -0.4 is 10.5 Å². The number of nitrogens with one attached hydrogen (secondary N) is 1. The maximum Gasteiger partial charge on any atom is 0.240 e. The third-order valence-electron chi connectivity index (χ3n) is 3.64. The second-order valence-corrected chi connectivity index (χ2v) is 7.47. The van der Waals surface area contributed by atoms with Gasteiger partial charge in [-0.15, -0.1) is 0 Å². The number of nitrogens with two attached hydrogens (primary N) is 1. The Morgan fingerprint density at radius 1 is 1.45 bits per heavy atom. The number of nitrogen functional groups attached to an aromatic ring is 1. The lowest BCUT2D eigenvalue weighted by molar-refractivity contribution is 0.178. The van der Waals surface area contributed by atoms with Gasteiger partial charge in [0.05, 0.1) is 21.7 Å². The standard InChI is InChI=1S/C13H19ClN2O3S/c1-8-4-11(6-12(15)13(8)14)20(18,19)16-7-9-2-3-10(17)5-9/h4,6,9-10,16-17H,2-3,5,7,15H2,1H3. The predicted octanol–water partition coefficient (Wildman–Crippen LogP) is 1.67. The predicted molar refractivity (Wildman–Crippen MR) is 79.1 cm³/mol. The minimum atomic E-state index is -3.60. The van der Waals surface area contributed by atoms with Crippen molar-refractivity contribution in [1.82, 2.24) is 4.72 Å².